The molecule has 234 valence electrons. The quantitative estimate of drug-likeness (QED) is 0.110. The van der Waals surface area contributed by atoms with Crippen LogP contribution in [0.5, 0.6) is 0 Å². The molecule has 0 amide bonds. The first-order valence-corrected chi connectivity index (χ1v) is 17.5. The molecule has 2 N–H and O–H groups in total. The zero-order valence-corrected chi connectivity index (χ0v) is 26.7. The molecule has 2 heterocycles. The van der Waals surface area contributed by atoms with Gasteiger partial charge >= 0.3 is 0 Å². The fraction of sp³-hybridized carbons (Fsp3) is 0.914. The first-order valence-electron chi connectivity index (χ1n) is 17.5. The monoisotopic (exact) mass is 563 g/mol. The van der Waals surface area contributed by atoms with Gasteiger partial charge < -0.3 is 14.9 Å². The number of aryl methyl sites for hydroxylation is 1. The van der Waals surface area contributed by atoms with Crippen LogP contribution in [-0.4, -0.2) is 44.4 Å². The maximum Gasteiger partial charge on any atom is 0.0840 e. The first kappa shape index (κ1) is 35.3. The molecule has 2 rings (SSSR count). The van der Waals surface area contributed by atoms with Gasteiger partial charge in [-0.2, -0.15) is 5.10 Å². The number of ether oxygens (including phenoxy) is 1. The molecule has 5 heteroatoms. The Morgan fingerprint density at radius 1 is 0.700 bits per heavy atom. The number of nitrogens with zero attached hydrogens (tertiary/aromatic N) is 2. The number of aliphatic hydroxyl groups excluding tert-OH is 2. The maximum atomic E-state index is 10.6. The average molecular weight is 563 g/mol. The van der Waals surface area contributed by atoms with Gasteiger partial charge in [-0.1, -0.05) is 136 Å². The van der Waals surface area contributed by atoms with Crippen LogP contribution in [0.25, 0.3) is 0 Å². The van der Waals surface area contributed by atoms with E-state index < -0.39 is 0 Å². The SMILES string of the molecule is CCCCCCCCCCCC[C@@H](O)[C@H]1CC[C@H]([C@H](O)CCCCCCCCCCCC(C)c2ccnn2C)O1. The Kier molecular flexibility index (Phi) is 20.0. The number of hydrogen-bond donors (Lipinski definition) is 2. The Balaban J connectivity index is 1.36. The predicted molar refractivity (Wildman–Crippen MR) is 169 cm³/mol. The summed E-state index contributed by atoms with van der Waals surface area (Å²) in [5, 5.41) is 25.5. The molecule has 1 fully saturated rings. The van der Waals surface area contributed by atoms with E-state index in [2.05, 4.69) is 25.0 Å². The van der Waals surface area contributed by atoms with Gasteiger partial charge in [0.25, 0.3) is 0 Å². The zero-order chi connectivity index (χ0) is 28.8. The van der Waals surface area contributed by atoms with E-state index in [0.717, 1.165) is 38.5 Å². The molecule has 5 nitrogen and oxygen atoms in total. The zero-order valence-electron chi connectivity index (χ0n) is 26.7. The van der Waals surface area contributed by atoms with Crippen molar-refractivity contribution in [3.8, 4) is 0 Å². The van der Waals surface area contributed by atoms with Gasteiger partial charge in [0.05, 0.1) is 24.4 Å². The third-order valence-corrected chi connectivity index (χ3v) is 9.30. The molecule has 0 aliphatic carbocycles. The number of aromatic nitrogens is 2. The van der Waals surface area contributed by atoms with E-state index in [9.17, 15) is 10.2 Å². The minimum Gasteiger partial charge on any atom is -0.390 e. The van der Waals surface area contributed by atoms with Gasteiger partial charge in [-0.3, -0.25) is 4.68 Å². The van der Waals surface area contributed by atoms with Gasteiger partial charge in [-0.05, 0) is 44.1 Å². The lowest BCUT2D eigenvalue weighted by Gasteiger charge is -2.22. The van der Waals surface area contributed by atoms with E-state index in [-0.39, 0.29) is 24.4 Å². The summed E-state index contributed by atoms with van der Waals surface area (Å²) in [6.07, 6.45) is 30.5. The van der Waals surface area contributed by atoms with Crippen LogP contribution >= 0.6 is 0 Å². The highest BCUT2D eigenvalue weighted by Gasteiger charge is 2.33. The van der Waals surface area contributed by atoms with Crippen molar-refractivity contribution in [3.63, 3.8) is 0 Å². The molecular formula is C35H66N2O3. The van der Waals surface area contributed by atoms with E-state index in [1.165, 1.54) is 121 Å². The van der Waals surface area contributed by atoms with Crippen molar-refractivity contribution in [2.24, 2.45) is 7.05 Å². The lowest BCUT2D eigenvalue weighted by atomic mass is 9.98. The summed E-state index contributed by atoms with van der Waals surface area (Å²) < 4.78 is 8.11. The second-order valence-electron chi connectivity index (χ2n) is 12.9. The van der Waals surface area contributed by atoms with Crippen molar-refractivity contribution in [1.29, 1.82) is 0 Å². The molecule has 40 heavy (non-hydrogen) atoms. The second kappa shape index (κ2) is 22.7. The molecule has 1 aromatic heterocycles. The van der Waals surface area contributed by atoms with Crippen LogP contribution in [0.15, 0.2) is 12.3 Å². The highest BCUT2D eigenvalue weighted by Crippen LogP contribution is 2.28. The molecule has 0 radical (unpaired) electrons. The Labute approximate surface area is 247 Å². The van der Waals surface area contributed by atoms with Gasteiger partial charge in [0.2, 0.25) is 0 Å². The van der Waals surface area contributed by atoms with Crippen LogP contribution in [0.3, 0.4) is 0 Å². The van der Waals surface area contributed by atoms with Gasteiger partial charge in [0.15, 0.2) is 0 Å². The van der Waals surface area contributed by atoms with E-state index in [1.54, 1.807) is 0 Å². The van der Waals surface area contributed by atoms with Crippen molar-refractivity contribution in [2.45, 2.75) is 198 Å². The minimum absolute atomic E-state index is 0.0726. The third-order valence-electron chi connectivity index (χ3n) is 9.30. The summed E-state index contributed by atoms with van der Waals surface area (Å²) in [5.74, 6) is 0.600. The number of hydrogen-bond acceptors (Lipinski definition) is 4. The first-order chi connectivity index (χ1) is 19.5. The summed E-state index contributed by atoms with van der Waals surface area (Å²) in [6, 6.07) is 2.14. The lowest BCUT2D eigenvalue weighted by molar-refractivity contribution is -0.0786. The fourth-order valence-corrected chi connectivity index (χ4v) is 6.52. The number of rotatable bonds is 26. The standard InChI is InChI=1S/C35H66N2O3/c1-4-5-6-7-8-9-12-15-18-21-24-32(38)34-26-27-35(40-34)33(39)25-22-19-16-13-10-11-14-17-20-23-30(2)31-28-29-36-37(31)3/h28-30,32-35,38-39H,4-27H2,1-3H3/t30?,32-,33-,34-,35-/m1/s1. The average Bonchev–Trinajstić information content (AvgIpc) is 3.62. The predicted octanol–water partition coefficient (Wildman–Crippen LogP) is 9.40. The van der Waals surface area contributed by atoms with Crippen molar-refractivity contribution >= 4 is 0 Å². The molecule has 0 saturated carbocycles. The summed E-state index contributed by atoms with van der Waals surface area (Å²) in [6.45, 7) is 4.58. The maximum absolute atomic E-state index is 10.6. The highest BCUT2D eigenvalue weighted by atomic mass is 16.5. The van der Waals surface area contributed by atoms with Crippen LogP contribution in [0.1, 0.15) is 180 Å². The summed E-state index contributed by atoms with van der Waals surface area (Å²) >= 11 is 0. The Hall–Kier alpha value is -0.910. The Morgan fingerprint density at radius 2 is 1.10 bits per heavy atom. The van der Waals surface area contributed by atoms with Gasteiger partial charge in [0.1, 0.15) is 0 Å². The molecule has 5 atom stereocenters. The van der Waals surface area contributed by atoms with Crippen molar-refractivity contribution in [3.05, 3.63) is 18.0 Å². The lowest BCUT2D eigenvalue weighted by Crippen LogP contribution is -2.31. The van der Waals surface area contributed by atoms with E-state index in [0.29, 0.717) is 5.92 Å². The minimum atomic E-state index is -0.372. The van der Waals surface area contributed by atoms with Crippen molar-refractivity contribution < 1.29 is 14.9 Å². The van der Waals surface area contributed by atoms with Crippen LogP contribution in [0.2, 0.25) is 0 Å². The molecule has 1 aliphatic heterocycles. The summed E-state index contributed by atoms with van der Waals surface area (Å²) in [4.78, 5) is 0. The molecule has 1 aromatic rings. The van der Waals surface area contributed by atoms with Crippen LogP contribution in [0.4, 0.5) is 0 Å². The van der Waals surface area contributed by atoms with E-state index >= 15 is 0 Å². The van der Waals surface area contributed by atoms with Crippen molar-refractivity contribution in [2.75, 3.05) is 0 Å². The molecule has 1 saturated heterocycles. The van der Waals surface area contributed by atoms with Gasteiger partial charge in [-0.15, -0.1) is 0 Å². The number of unbranched alkanes of at least 4 members (excludes halogenated alkanes) is 17. The summed E-state index contributed by atoms with van der Waals surface area (Å²) in [7, 11) is 2.04. The second-order valence-corrected chi connectivity index (χ2v) is 12.9. The highest BCUT2D eigenvalue weighted by molar-refractivity contribution is 5.05. The summed E-state index contributed by atoms with van der Waals surface area (Å²) in [5.41, 5.74) is 1.35. The van der Waals surface area contributed by atoms with Gasteiger partial charge in [0, 0.05) is 18.9 Å². The largest absolute Gasteiger partial charge is 0.390 e. The molecule has 1 aliphatic rings. The van der Waals surface area contributed by atoms with E-state index in [4.69, 9.17) is 4.74 Å². The molecule has 1 unspecified atom stereocenters. The Morgan fingerprint density at radius 3 is 1.50 bits per heavy atom. The number of aliphatic hydroxyl groups is 2. The van der Waals surface area contributed by atoms with Crippen molar-refractivity contribution in [1.82, 2.24) is 9.78 Å². The third kappa shape index (κ3) is 15.4. The topological polar surface area (TPSA) is 67.5 Å². The normalized spacial score (nSPS) is 19.7. The van der Waals surface area contributed by atoms with Crippen LogP contribution in [-0.2, 0) is 11.8 Å². The van der Waals surface area contributed by atoms with E-state index in [1.807, 2.05) is 17.9 Å². The van der Waals surface area contributed by atoms with Gasteiger partial charge in [-0.25, -0.2) is 0 Å². The molecule has 0 bridgehead atoms. The van der Waals surface area contributed by atoms with Crippen LogP contribution in [0, 0.1) is 0 Å². The molecular weight excluding hydrogens is 496 g/mol. The molecule has 0 spiro atoms. The van der Waals surface area contributed by atoms with Crippen LogP contribution < -0.4 is 0 Å². The molecule has 0 aromatic carbocycles. The smallest absolute Gasteiger partial charge is 0.0840 e. The fourth-order valence-electron chi connectivity index (χ4n) is 6.52. The Bertz CT molecular complexity index is 709.